The molecule has 0 aliphatic rings. The number of methoxy groups -OCH3 is 1. The smallest absolute Gasteiger partial charge is 0.269 e. The fraction of sp³-hybridized carbons (Fsp3) is 0.143. The van der Waals surface area contributed by atoms with Gasteiger partial charge in [-0.1, -0.05) is 0 Å². The fourth-order valence-electron chi connectivity index (χ4n) is 1.58. The minimum Gasteiger partial charge on any atom is -0.497 e. The van der Waals surface area contributed by atoms with Crippen molar-refractivity contribution in [1.82, 2.24) is 10.3 Å². The molecule has 0 aliphatic heterocycles. The Labute approximate surface area is 116 Å². The lowest BCUT2D eigenvalue weighted by molar-refractivity contribution is 0.0958. The molecule has 0 radical (unpaired) electrons. The molecule has 104 valence electrons. The number of hydrogen-bond acceptors (Lipinski definition) is 5. The predicted molar refractivity (Wildman–Crippen MR) is 75.1 cm³/mol. The van der Waals surface area contributed by atoms with Crippen LogP contribution in [-0.4, -0.2) is 25.0 Å². The van der Waals surface area contributed by atoms with Crippen molar-refractivity contribution in [3.8, 4) is 17.2 Å². The quantitative estimate of drug-likeness (QED) is 0.830. The van der Waals surface area contributed by atoms with Gasteiger partial charge in [0.2, 0.25) is 0 Å². The molecule has 0 aliphatic carbocycles. The summed E-state index contributed by atoms with van der Waals surface area (Å²) in [5.41, 5.74) is 6.59. The van der Waals surface area contributed by atoms with Crippen LogP contribution in [-0.2, 0) is 0 Å². The maximum absolute atomic E-state index is 11.5. The first kappa shape index (κ1) is 13.7. The third kappa shape index (κ3) is 2.97. The zero-order valence-electron chi connectivity index (χ0n) is 11.2. The average Bonchev–Trinajstić information content (AvgIpc) is 2.49. The minimum atomic E-state index is -0.283. The van der Waals surface area contributed by atoms with Crippen molar-refractivity contribution in [2.24, 2.45) is 0 Å². The normalized spacial score (nSPS) is 9.90. The number of rotatable bonds is 4. The van der Waals surface area contributed by atoms with Crippen LogP contribution in [0.15, 0.2) is 36.5 Å². The molecule has 0 atom stereocenters. The number of nitrogens with one attached hydrogen (secondary N) is 1. The molecular formula is C14H15N3O3. The van der Waals surface area contributed by atoms with Gasteiger partial charge in [-0.25, -0.2) is 0 Å². The van der Waals surface area contributed by atoms with Crippen LogP contribution in [0.1, 0.15) is 10.5 Å². The highest BCUT2D eigenvalue weighted by Crippen LogP contribution is 2.31. The van der Waals surface area contributed by atoms with E-state index in [-0.39, 0.29) is 11.6 Å². The maximum atomic E-state index is 11.5. The number of anilines is 1. The number of aromatic nitrogens is 1. The van der Waals surface area contributed by atoms with E-state index in [1.54, 1.807) is 31.4 Å². The Hall–Kier alpha value is -2.76. The summed E-state index contributed by atoms with van der Waals surface area (Å²) in [5, 5.41) is 2.50. The summed E-state index contributed by atoms with van der Waals surface area (Å²) in [7, 11) is 3.10. The van der Waals surface area contributed by atoms with Gasteiger partial charge in [-0.3, -0.25) is 9.78 Å². The molecule has 6 heteroatoms. The number of nitrogens with zero attached hydrogens (tertiary/aromatic N) is 1. The summed E-state index contributed by atoms with van der Waals surface area (Å²) in [4.78, 5) is 15.5. The van der Waals surface area contributed by atoms with Crippen molar-refractivity contribution in [2.75, 3.05) is 19.9 Å². The molecule has 2 rings (SSSR count). The Morgan fingerprint density at radius 1 is 1.25 bits per heavy atom. The van der Waals surface area contributed by atoms with E-state index in [1.165, 1.54) is 19.3 Å². The lowest BCUT2D eigenvalue weighted by atomic mass is 10.2. The van der Waals surface area contributed by atoms with Crippen molar-refractivity contribution >= 4 is 11.6 Å². The standard InChI is InChI=1S/C14H15N3O3/c1-16-14(18)12-7-10(5-6-17-12)20-13-8-9(19-2)3-4-11(13)15/h3-8H,15H2,1-2H3,(H,16,18). The van der Waals surface area contributed by atoms with Gasteiger partial charge in [0.25, 0.3) is 5.91 Å². The molecule has 1 aromatic carbocycles. The fourth-order valence-corrected chi connectivity index (χ4v) is 1.58. The van der Waals surface area contributed by atoms with Gasteiger partial charge in [0.15, 0.2) is 5.75 Å². The van der Waals surface area contributed by atoms with E-state index in [0.29, 0.717) is 22.9 Å². The van der Waals surface area contributed by atoms with Crippen molar-refractivity contribution in [1.29, 1.82) is 0 Å². The number of benzene rings is 1. The van der Waals surface area contributed by atoms with Gasteiger partial charge in [-0.2, -0.15) is 0 Å². The van der Waals surface area contributed by atoms with Crippen LogP contribution in [0.25, 0.3) is 0 Å². The lowest BCUT2D eigenvalue weighted by Crippen LogP contribution is -2.18. The number of hydrogen-bond donors (Lipinski definition) is 2. The van der Waals surface area contributed by atoms with Crippen LogP contribution in [0.3, 0.4) is 0 Å². The van der Waals surface area contributed by atoms with E-state index in [1.807, 2.05) is 0 Å². The molecule has 1 aromatic heterocycles. The summed E-state index contributed by atoms with van der Waals surface area (Å²) in [6, 6.07) is 8.29. The molecule has 0 saturated heterocycles. The second-order valence-electron chi connectivity index (χ2n) is 3.96. The first-order valence-electron chi connectivity index (χ1n) is 5.93. The van der Waals surface area contributed by atoms with Crippen molar-refractivity contribution in [2.45, 2.75) is 0 Å². The maximum Gasteiger partial charge on any atom is 0.269 e. The van der Waals surface area contributed by atoms with Crippen molar-refractivity contribution in [3.63, 3.8) is 0 Å². The van der Waals surface area contributed by atoms with E-state index < -0.39 is 0 Å². The van der Waals surface area contributed by atoms with Crippen molar-refractivity contribution < 1.29 is 14.3 Å². The number of nitrogens with two attached hydrogens (primary N) is 1. The molecule has 0 bridgehead atoms. The summed E-state index contributed by atoms with van der Waals surface area (Å²) in [5.74, 6) is 1.28. The van der Waals surface area contributed by atoms with Gasteiger partial charge in [0.1, 0.15) is 17.2 Å². The first-order valence-corrected chi connectivity index (χ1v) is 5.93. The van der Waals surface area contributed by atoms with E-state index in [4.69, 9.17) is 15.2 Å². The molecule has 0 fully saturated rings. The molecule has 2 aromatic rings. The average molecular weight is 273 g/mol. The van der Waals surface area contributed by atoms with Gasteiger partial charge in [-0.05, 0) is 18.2 Å². The highest BCUT2D eigenvalue weighted by atomic mass is 16.5. The number of carbonyl (C=O) groups excluding carboxylic acids is 1. The van der Waals surface area contributed by atoms with E-state index in [2.05, 4.69) is 10.3 Å². The van der Waals surface area contributed by atoms with Crippen molar-refractivity contribution in [3.05, 3.63) is 42.2 Å². The number of amides is 1. The Balaban J connectivity index is 2.28. The first-order chi connectivity index (χ1) is 9.63. The summed E-state index contributed by atoms with van der Waals surface area (Å²) >= 11 is 0. The van der Waals surface area contributed by atoms with Crippen LogP contribution in [0.2, 0.25) is 0 Å². The Kier molecular flexibility index (Phi) is 4.05. The summed E-state index contributed by atoms with van der Waals surface area (Å²) < 4.78 is 10.8. The molecule has 0 spiro atoms. The third-order valence-corrected chi connectivity index (χ3v) is 2.64. The number of nitrogen functional groups attached to an aromatic ring is 1. The topological polar surface area (TPSA) is 86.5 Å². The molecule has 0 saturated carbocycles. The molecule has 3 N–H and O–H groups in total. The van der Waals surface area contributed by atoms with Gasteiger partial charge >= 0.3 is 0 Å². The van der Waals surface area contributed by atoms with Gasteiger partial charge in [0.05, 0.1) is 12.8 Å². The Bertz CT molecular complexity index is 629. The zero-order valence-corrected chi connectivity index (χ0v) is 11.2. The molecule has 1 heterocycles. The second-order valence-corrected chi connectivity index (χ2v) is 3.96. The molecule has 20 heavy (non-hydrogen) atoms. The van der Waals surface area contributed by atoms with Crippen LogP contribution in [0, 0.1) is 0 Å². The Morgan fingerprint density at radius 2 is 2.05 bits per heavy atom. The number of pyridine rings is 1. The largest absolute Gasteiger partial charge is 0.497 e. The van der Waals surface area contributed by atoms with Crippen LogP contribution in [0.5, 0.6) is 17.2 Å². The van der Waals surface area contributed by atoms with E-state index >= 15 is 0 Å². The monoisotopic (exact) mass is 273 g/mol. The Morgan fingerprint density at radius 3 is 2.75 bits per heavy atom. The van der Waals surface area contributed by atoms with Gasteiger partial charge in [-0.15, -0.1) is 0 Å². The highest BCUT2D eigenvalue weighted by Gasteiger charge is 2.08. The van der Waals surface area contributed by atoms with Crippen LogP contribution < -0.4 is 20.5 Å². The second kappa shape index (κ2) is 5.92. The lowest BCUT2D eigenvalue weighted by Gasteiger charge is -2.10. The highest BCUT2D eigenvalue weighted by molar-refractivity contribution is 5.92. The molecular weight excluding hydrogens is 258 g/mol. The van der Waals surface area contributed by atoms with Crippen LogP contribution in [0.4, 0.5) is 5.69 Å². The number of carbonyl (C=O) groups is 1. The SMILES string of the molecule is CNC(=O)c1cc(Oc2cc(OC)ccc2N)ccn1. The minimum absolute atomic E-state index is 0.270. The summed E-state index contributed by atoms with van der Waals surface area (Å²) in [6.45, 7) is 0. The van der Waals surface area contributed by atoms with E-state index in [9.17, 15) is 4.79 Å². The summed E-state index contributed by atoms with van der Waals surface area (Å²) in [6.07, 6.45) is 1.50. The van der Waals surface area contributed by atoms with Gasteiger partial charge in [0, 0.05) is 25.4 Å². The molecule has 0 unspecified atom stereocenters. The number of ether oxygens (including phenoxy) is 2. The molecule has 1 amide bonds. The van der Waals surface area contributed by atoms with Gasteiger partial charge < -0.3 is 20.5 Å². The molecule has 6 nitrogen and oxygen atoms in total. The van der Waals surface area contributed by atoms with Crippen LogP contribution >= 0.6 is 0 Å². The zero-order chi connectivity index (χ0) is 14.5. The third-order valence-electron chi connectivity index (χ3n) is 2.64. The predicted octanol–water partition coefficient (Wildman–Crippen LogP) is 1.82. The van der Waals surface area contributed by atoms with E-state index in [0.717, 1.165) is 0 Å².